The van der Waals surface area contributed by atoms with Crippen LogP contribution >= 0.6 is 11.3 Å². The van der Waals surface area contributed by atoms with E-state index in [1.165, 1.54) is 17.4 Å². The summed E-state index contributed by atoms with van der Waals surface area (Å²) in [4.78, 5) is 17.2. The van der Waals surface area contributed by atoms with Gasteiger partial charge in [0.05, 0.1) is 24.1 Å². The summed E-state index contributed by atoms with van der Waals surface area (Å²) in [6, 6.07) is 11.9. The predicted octanol–water partition coefficient (Wildman–Crippen LogP) is 5.72. The van der Waals surface area contributed by atoms with Crippen molar-refractivity contribution in [3.63, 3.8) is 0 Å². The van der Waals surface area contributed by atoms with Crippen molar-refractivity contribution in [2.75, 3.05) is 5.32 Å². The minimum Gasteiger partial charge on any atom is -0.467 e. The van der Waals surface area contributed by atoms with E-state index in [2.05, 4.69) is 15.0 Å². The number of alkyl halides is 2. The monoisotopic (exact) mass is 443 g/mol. The molecule has 0 unspecified atom stereocenters. The van der Waals surface area contributed by atoms with E-state index in [0.717, 1.165) is 17.1 Å². The number of ether oxygens (including phenoxy) is 1. The average molecular weight is 443 g/mol. The summed E-state index contributed by atoms with van der Waals surface area (Å²) < 4.78 is 37.3. The maximum atomic E-state index is 12.9. The molecule has 1 amide bonds. The largest absolute Gasteiger partial charge is 0.467 e. The average Bonchev–Trinajstić information content (AvgIpc) is 3.46. The number of aromatic nitrogens is 2. The first-order chi connectivity index (χ1) is 14.9. The molecule has 3 aromatic heterocycles. The molecule has 160 valence electrons. The number of carbonyl (C=O) groups excluding carboxylic acids is 1. The lowest BCUT2D eigenvalue weighted by Crippen LogP contribution is -2.13. The number of amides is 1. The van der Waals surface area contributed by atoms with Crippen molar-refractivity contribution in [1.29, 1.82) is 0 Å². The Morgan fingerprint density at radius 2 is 2.06 bits per heavy atom. The minimum absolute atomic E-state index is 0.0298. The third-order valence-corrected chi connectivity index (χ3v) is 5.57. The molecule has 9 heteroatoms. The molecule has 4 rings (SSSR count). The fourth-order valence-corrected chi connectivity index (χ4v) is 4.03. The van der Waals surface area contributed by atoms with Crippen LogP contribution in [0.1, 0.15) is 27.5 Å². The fourth-order valence-electron chi connectivity index (χ4n) is 3.33. The number of hydrogen-bond acceptors (Lipinski definition) is 5. The maximum Gasteiger partial charge on any atom is 0.387 e. The van der Waals surface area contributed by atoms with Gasteiger partial charge in [-0.05, 0) is 44.2 Å². The highest BCUT2D eigenvalue weighted by atomic mass is 32.1. The van der Waals surface area contributed by atoms with Gasteiger partial charge in [-0.25, -0.2) is 4.98 Å². The molecular formula is C22H19F2N3O3S. The Hall–Kier alpha value is -3.46. The predicted molar refractivity (Wildman–Crippen MR) is 114 cm³/mol. The highest BCUT2D eigenvalue weighted by Crippen LogP contribution is 2.33. The summed E-state index contributed by atoms with van der Waals surface area (Å²) in [7, 11) is 0. The highest BCUT2D eigenvalue weighted by molar-refractivity contribution is 7.14. The molecule has 0 saturated heterocycles. The Balaban J connectivity index is 1.53. The molecule has 3 heterocycles. The molecule has 1 N–H and O–H groups in total. The highest BCUT2D eigenvalue weighted by Gasteiger charge is 2.19. The van der Waals surface area contributed by atoms with E-state index in [1.54, 1.807) is 29.8 Å². The topological polar surface area (TPSA) is 69.3 Å². The van der Waals surface area contributed by atoms with Gasteiger partial charge in [0.2, 0.25) is 0 Å². The van der Waals surface area contributed by atoms with Gasteiger partial charge in [0.15, 0.2) is 5.13 Å². The lowest BCUT2D eigenvalue weighted by atomic mass is 10.1. The van der Waals surface area contributed by atoms with E-state index in [0.29, 0.717) is 28.5 Å². The van der Waals surface area contributed by atoms with Gasteiger partial charge in [-0.3, -0.25) is 10.1 Å². The zero-order valence-electron chi connectivity index (χ0n) is 16.8. The van der Waals surface area contributed by atoms with E-state index < -0.39 is 6.61 Å². The van der Waals surface area contributed by atoms with Crippen LogP contribution in [0.3, 0.4) is 0 Å². The number of rotatable bonds is 7. The number of nitrogens with zero attached hydrogens (tertiary/aromatic N) is 2. The molecule has 0 atom stereocenters. The molecule has 6 nitrogen and oxygen atoms in total. The summed E-state index contributed by atoms with van der Waals surface area (Å²) in [5.41, 5.74) is 3.13. The van der Waals surface area contributed by atoms with Gasteiger partial charge in [0.25, 0.3) is 5.91 Å². The van der Waals surface area contributed by atoms with E-state index in [-0.39, 0.29) is 11.7 Å². The third kappa shape index (κ3) is 4.51. The van der Waals surface area contributed by atoms with Gasteiger partial charge >= 0.3 is 6.61 Å². The fraction of sp³-hybridized carbons (Fsp3) is 0.182. The molecule has 0 fully saturated rings. The molecule has 0 saturated carbocycles. The number of nitrogens with one attached hydrogen (secondary N) is 1. The van der Waals surface area contributed by atoms with Crippen molar-refractivity contribution in [2.45, 2.75) is 27.0 Å². The molecule has 0 spiro atoms. The second-order valence-corrected chi connectivity index (χ2v) is 7.68. The maximum absolute atomic E-state index is 12.9. The van der Waals surface area contributed by atoms with Gasteiger partial charge in [-0.15, -0.1) is 11.3 Å². The second kappa shape index (κ2) is 8.73. The summed E-state index contributed by atoms with van der Waals surface area (Å²) in [5.74, 6) is 0.530. The molecule has 0 aliphatic heterocycles. The summed E-state index contributed by atoms with van der Waals surface area (Å²) in [6.07, 6.45) is 1.61. The summed E-state index contributed by atoms with van der Waals surface area (Å²) in [6.45, 7) is 1.39. The molecule has 31 heavy (non-hydrogen) atoms. The third-order valence-electron chi connectivity index (χ3n) is 4.82. The molecule has 0 bridgehead atoms. The molecule has 4 aromatic rings. The Kier molecular flexibility index (Phi) is 5.85. The number of aryl methyl sites for hydroxylation is 1. The molecule has 0 radical (unpaired) electrons. The van der Waals surface area contributed by atoms with Gasteiger partial charge in [-0.2, -0.15) is 8.78 Å². The molecular weight excluding hydrogens is 424 g/mol. The van der Waals surface area contributed by atoms with Crippen LogP contribution in [0.4, 0.5) is 13.9 Å². The normalized spacial score (nSPS) is 11.1. The van der Waals surface area contributed by atoms with Gasteiger partial charge in [0, 0.05) is 22.3 Å². The van der Waals surface area contributed by atoms with E-state index in [9.17, 15) is 13.6 Å². The number of hydrogen-bond donors (Lipinski definition) is 1. The molecule has 0 aliphatic carbocycles. The molecule has 0 aliphatic rings. The lowest BCUT2D eigenvalue weighted by Gasteiger charge is -2.08. The van der Waals surface area contributed by atoms with Crippen LogP contribution in [0.15, 0.2) is 58.5 Å². The van der Waals surface area contributed by atoms with Gasteiger partial charge < -0.3 is 13.7 Å². The first-order valence-electron chi connectivity index (χ1n) is 9.42. The molecule has 1 aromatic carbocycles. The van der Waals surface area contributed by atoms with Crippen LogP contribution in [0.25, 0.3) is 11.3 Å². The minimum atomic E-state index is -2.93. The number of furan rings is 1. The SMILES string of the molecule is Cc1cc(C(=O)Nc2nc(-c3ccccc3OC(F)F)cs2)c(C)n1Cc1ccco1. The summed E-state index contributed by atoms with van der Waals surface area (Å²) in [5, 5.41) is 4.84. The van der Waals surface area contributed by atoms with Crippen LogP contribution in [-0.4, -0.2) is 22.1 Å². The Labute approximate surface area is 181 Å². The lowest BCUT2D eigenvalue weighted by molar-refractivity contribution is -0.0494. The second-order valence-electron chi connectivity index (χ2n) is 6.82. The number of thiazole rings is 1. The zero-order chi connectivity index (χ0) is 22.0. The Morgan fingerprint density at radius 1 is 1.26 bits per heavy atom. The van der Waals surface area contributed by atoms with Crippen molar-refractivity contribution < 1.29 is 22.7 Å². The number of halogens is 2. The van der Waals surface area contributed by atoms with Crippen molar-refractivity contribution in [3.05, 3.63) is 76.8 Å². The van der Waals surface area contributed by atoms with Gasteiger partial charge in [0.1, 0.15) is 11.5 Å². The first kappa shape index (κ1) is 20.8. The van der Waals surface area contributed by atoms with Crippen LogP contribution in [-0.2, 0) is 6.54 Å². The van der Waals surface area contributed by atoms with Crippen molar-refractivity contribution in [2.24, 2.45) is 0 Å². The van der Waals surface area contributed by atoms with Crippen LogP contribution in [0.5, 0.6) is 5.75 Å². The van der Waals surface area contributed by atoms with E-state index in [1.807, 2.05) is 36.6 Å². The van der Waals surface area contributed by atoms with Crippen LogP contribution < -0.4 is 10.1 Å². The standard InChI is InChI=1S/C22H19F2N3O3S/c1-13-10-17(14(2)27(13)11-15-6-5-9-29-15)20(28)26-22-25-18(12-31-22)16-7-3-4-8-19(16)30-21(23)24/h3-10,12,21H,11H2,1-2H3,(H,25,26,28). The van der Waals surface area contributed by atoms with Crippen LogP contribution in [0.2, 0.25) is 0 Å². The Bertz CT molecular complexity index is 1200. The van der Waals surface area contributed by atoms with Crippen molar-refractivity contribution in [3.8, 4) is 17.0 Å². The number of anilines is 1. The smallest absolute Gasteiger partial charge is 0.387 e. The quantitative estimate of drug-likeness (QED) is 0.396. The first-order valence-corrected chi connectivity index (χ1v) is 10.3. The number of benzene rings is 1. The van der Waals surface area contributed by atoms with Crippen molar-refractivity contribution in [1.82, 2.24) is 9.55 Å². The van der Waals surface area contributed by atoms with Crippen LogP contribution in [0, 0.1) is 13.8 Å². The Morgan fingerprint density at radius 3 is 2.81 bits per heavy atom. The van der Waals surface area contributed by atoms with Gasteiger partial charge in [-0.1, -0.05) is 12.1 Å². The van der Waals surface area contributed by atoms with Crippen molar-refractivity contribution >= 4 is 22.4 Å². The van der Waals surface area contributed by atoms with E-state index in [4.69, 9.17) is 4.42 Å². The number of para-hydroxylation sites is 1. The summed E-state index contributed by atoms with van der Waals surface area (Å²) >= 11 is 1.21. The zero-order valence-corrected chi connectivity index (χ0v) is 17.6. The number of carbonyl (C=O) groups is 1. The van der Waals surface area contributed by atoms with E-state index >= 15 is 0 Å².